The van der Waals surface area contributed by atoms with E-state index >= 15 is 0 Å². The van der Waals surface area contributed by atoms with Crippen molar-refractivity contribution in [3.8, 4) is 5.75 Å². The highest BCUT2D eigenvalue weighted by atomic mass is 32.2. The second-order valence-corrected chi connectivity index (χ2v) is 6.95. The first kappa shape index (κ1) is 16.3. The lowest BCUT2D eigenvalue weighted by atomic mass is 10.1. The Morgan fingerprint density at radius 2 is 1.77 bits per heavy atom. The Kier molecular flexibility index (Phi) is 4.42. The van der Waals surface area contributed by atoms with Gasteiger partial charge in [-0.3, -0.25) is 4.72 Å². The van der Waals surface area contributed by atoms with Gasteiger partial charge >= 0.3 is 0 Å². The summed E-state index contributed by atoms with van der Waals surface area (Å²) in [5, 5.41) is 0. The van der Waals surface area contributed by atoms with Crippen LogP contribution in [0.15, 0.2) is 29.3 Å². The number of aromatic nitrogens is 1. The molecule has 2 aromatic rings. The minimum absolute atomic E-state index is 0.242. The number of methoxy groups -OCH3 is 1. The van der Waals surface area contributed by atoms with Crippen LogP contribution in [0.1, 0.15) is 22.3 Å². The number of hydrogen-bond donors (Lipinski definition) is 1. The summed E-state index contributed by atoms with van der Waals surface area (Å²) in [6.07, 6.45) is 1.57. The standard InChI is InChI=1S/C16H20N2O3S/c1-10-6-7-17-15(8-10)18-22(19,20)14-9-11(2)16(21-5)13(4)12(14)3/h6-9H,1-5H3,(H,17,18). The van der Waals surface area contributed by atoms with Crippen LogP contribution in [0.3, 0.4) is 0 Å². The summed E-state index contributed by atoms with van der Waals surface area (Å²) in [6, 6.07) is 5.13. The van der Waals surface area contributed by atoms with E-state index in [0.29, 0.717) is 17.1 Å². The molecule has 1 heterocycles. The van der Waals surface area contributed by atoms with Crippen molar-refractivity contribution in [3.63, 3.8) is 0 Å². The van der Waals surface area contributed by atoms with Crippen molar-refractivity contribution in [2.75, 3.05) is 11.8 Å². The number of nitrogens with one attached hydrogen (secondary N) is 1. The molecule has 0 amide bonds. The monoisotopic (exact) mass is 320 g/mol. The Labute approximate surface area is 131 Å². The van der Waals surface area contributed by atoms with E-state index in [1.54, 1.807) is 32.4 Å². The topological polar surface area (TPSA) is 68.3 Å². The molecule has 5 nitrogen and oxygen atoms in total. The molecule has 0 aliphatic rings. The first-order valence-electron chi connectivity index (χ1n) is 6.86. The maximum atomic E-state index is 12.6. The van der Waals surface area contributed by atoms with Crippen LogP contribution in [0.4, 0.5) is 5.82 Å². The van der Waals surface area contributed by atoms with Crippen molar-refractivity contribution in [3.05, 3.63) is 46.6 Å². The lowest BCUT2D eigenvalue weighted by Gasteiger charge is -2.16. The van der Waals surface area contributed by atoms with Crippen LogP contribution < -0.4 is 9.46 Å². The first-order valence-corrected chi connectivity index (χ1v) is 8.35. The molecule has 0 atom stereocenters. The van der Waals surface area contributed by atoms with Crippen molar-refractivity contribution in [1.29, 1.82) is 0 Å². The molecule has 0 spiro atoms. The Morgan fingerprint density at radius 1 is 1.09 bits per heavy atom. The predicted molar refractivity (Wildman–Crippen MR) is 87.0 cm³/mol. The van der Waals surface area contributed by atoms with Crippen LogP contribution in [-0.2, 0) is 10.0 Å². The average molecular weight is 320 g/mol. The minimum atomic E-state index is -3.70. The minimum Gasteiger partial charge on any atom is -0.496 e. The summed E-state index contributed by atoms with van der Waals surface area (Å²) in [5.74, 6) is 1.02. The maximum Gasteiger partial charge on any atom is 0.263 e. The van der Waals surface area contributed by atoms with E-state index in [1.807, 2.05) is 26.8 Å². The van der Waals surface area contributed by atoms with Gasteiger partial charge in [-0.1, -0.05) is 0 Å². The van der Waals surface area contributed by atoms with Crippen LogP contribution in [0.5, 0.6) is 5.75 Å². The second-order valence-electron chi connectivity index (χ2n) is 5.30. The molecular formula is C16H20N2O3S. The zero-order valence-corrected chi connectivity index (χ0v) is 14.2. The predicted octanol–water partition coefficient (Wildman–Crippen LogP) is 3.12. The van der Waals surface area contributed by atoms with Gasteiger partial charge in [-0.05, 0) is 68.1 Å². The summed E-state index contributed by atoms with van der Waals surface area (Å²) in [7, 11) is -2.12. The van der Waals surface area contributed by atoms with Crippen LogP contribution in [0.25, 0.3) is 0 Å². The number of nitrogens with zero attached hydrogens (tertiary/aromatic N) is 1. The van der Waals surface area contributed by atoms with E-state index in [2.05, 4.69) is 9.71 Å². The van der Waals surface area contributed by atoms with Crippen molar-refractivity contribution in [2.45, 2.75) is 32.6 Å². The van der Waals surface area contributed by atoms with Crippen molar-refractivity contribution in [2.24, 2.45) is 0 Å². The number of hydrogen-bond acceptors (Lipinski definition) is 4. The molecule has 0 radical (unpaired) electrons. The smallest absolute Gasteiger partial charge is 0.263 e. The van der Waals surface area contributed by atoms with Gasteiger partial charge in [0.25, 0.3) is 10.0 Å². The molecule has 1 N–H and O–H groups in total. The van der Waals surface area contributed by atoms with Gasteiger partial charge in [-0.25, -0.2) is 13.4 Å². The van der Waals surface area contributed by atoms with E-state index in [-0.39, 0.29) is 4.90 Å². The van der Waals surface area contributed by atoms with Gasteiger partial charge in [0.2, 0.25) is 0 Å². The number of ether oxygens (including phenoxy) is 1. The van der Waals surface area contributed by atoms with Crippen LogP contribution in [0, 0.1) is 27.7 Å². The Hall–Kier alpha value is -2.08. The number of anilines is 1. The van der Waals surface area contributed by atoms with E-state index in [9.17, 15) is 8.42 Å². The maximum absolute atomic E-state index is 12.6. The molecule has 1 aromatic carbocycles. The zero-order valence-electron chi connectivity index (χ0n) is 13.4. The van der Waals surface area contributed by atoms with Crippen LogP contribution >= 0.6 is 0 Å². The molecule has 0 aliphatic heterocycles. The molecule has 0 saturated heterocycles. The molecule has 0 bridgehead atoms. The van der Waals surface area contributed by atoms with Crippen LogP contribution in [0.2, 0.25) is 0 Å². The quantitative estimate of drug-likeness (QED) is 0.940. The molecule has 2 rings (SSSR count). The highest BCUT2D eigenvalue weighted by molar-refractivity contribution is 7.92. The molecule has 118 valence electrons. The molecule has 6 heteroatoms. The second kappa shape index (κ2) is 5.96. The Balaban J connectivity index is 2.50. The molecule has 0 saturated carbocycles. The van der Waals surface area contributed by atoms with Gasteiger partial charge in [-0.15, -0.1) is 0 Å². The number of aryl methyl sites for hydroxylation is 2. The summed E-state index contributed by atoms with van der Waals surface area (Å²) in [6.45, 7) is 7.34. The lowest BCUT2D eigenvalue weighted by Crippen LogP contribution is -2.16. The third kappa shape index (κ3) is 3.06. The highest BCUT2D eigenvalue weighted by Crippen LogP contribution is 2.31. The molecule has 1 aromatic heterocycles. The zero-order chi connectivity index (χ0) is 16.5. The fourth-order valence-electron chi connectivity index (χ4n) is 2.40. The lowest BCUT2D eigenvalue weighted by molar-refractivity contribution is 0.407. The summed E-state index contributed by atoms with van der Waals surface area (Å²) in [5.41, 5.74) is 3.21. The van der Waals surface area contributed by atoms with Gasteiger partial charge in [-0.2, -0.15) is 0 Å². The van der Waals surface area contributed by atoms with E-state index < -0.39 is 10.0 Å². The van der Waals surface area contributed by atoms with Crippen LogP contribution in [-0.4, -0.2) is 20.5 Å². The Bertz CT molecular complexity index is 814. The molecular weight excluding hydrogens is 300 g/mol. The third-order valence-electron chi connectivity index (χ3n) is 3.63. The first-order chi connectivity index (χ1) is 10.3. The van der Waals surface area contributed by atoms with Crippen molar-refractivity contribution >= 4 is 15.8 Å². The largest absolute Gasteiger partial charge is 0.496 e. The number of sulfonamides is 1. The van der Waals surface area contributed by atoms with E-state index in [1.165, 1.54) is 0 Å². The normalized spacial score (nSPS) is 11.3. The number of pyridine rings is 1. The third-order valence-corrected chi connectivity index (χ3v) is 5.11. The van der Waals surface area contributed by atoms with Crippen molar-refractivity contribution in [1.82, 2.24) is 4.98 Å². The average Bonchev–Trinajstić information content (AvgIpc) is 2.43. The molecule has 0 aliphatic carbocycles. The van der Waals surface area contributed by atoms with Gasteiger partial charge in [0.1, 0.15) is 11.6 Å². The summed E-state index contributed by atoms with van der Waals surface area (Å²) in [4.78, 5) is 4.29. The van der Waals surface area contributed by atoms with Crippen molar-refractivity contribution < 1.29 is 13.2 Å². The van der Waals surface area contributed by atoms with Gasteiger partial charge < -0.3 is 4.74 Å². The van der Waals surface area contributed by atoms with E-state index in [0.717, 1.165) is 16.7 Å². The SMILES string of the molecule is COc1c(C)cc(S(=O)(=O)Nc2cc(C)ccn2)c(C)c1C. The number of benzene rings is 1. The van der Waals surface area contributed by atoms with Gasteiger partial charge in [0, 0.05) is 6.20 Å². The van der Waals surface area contributed by atoms with Gasteiger partial charge in [0.15, 0.2) is 0 Å². The fraction of sp³-hybridized carbons (Fsp3) is 0.312. The highest BCUT2D eigenvalue weighted by Gasteiger charge is 2.21. The molecule has 22 heavy (non-hydrogen) atoms. The van der Waals surface area contributed by atoms with E-state index in [4.69, 9.17) is 4.74 Å². The fourth-order valence-corrected chi connectivity index (χ4v) is 3.78. The number of rotatable bonds is 4. The summed E-state index contributed by atoms with van der Waals surface area (Å²) >= 11 is 0. The van der Waals surface area contributed by atoms with Gasteiger partial charge in [0.05, 0.1) is 12.0 Å². The Morgan fingerprint density at radius 3 is 2.36 bits per heavy atom. The molecule has 0 fully saturated rings. The summed E-state index contributed by atoms with van der Waals surface area (Å²) < 4.78 is 33.2. The molecule has 0 unspecified atom stereocenters.